The van der Waals surface area contributed by atoms with Crippen LogP contribution < -0.4 is 0 Å². The summed E-state index contributed by atoms with van der Waals surface area (Å²) in [5, 5.41) is 1.18. The van der Waals surface area contributed by atoms with Crippen molar-refractivity contribution in [3.63, 3.8) is 0 Å². The highest BCUT2D eigenvalue weighted by Crippen LogP contribution is 2.37. The quantitative estimate of drug-likeness (QED) is 0.165. The standard InChI is InChI=1S/C40H47N3O4/c1-28-35(34-17-9-10-18-37(34)42(28)22-12-24-46-5)27-43(32-19-20-32)38(44)36-26-41(39(45)47-40(2,3)4)23-21-33(36)31-16-11-15-30(25-31)29-13-7-6-8-14-29/h6-11,13-18,25,32H,12,19-24,26-27H2,1-5H3. The molecule has 246 valence electrons. The average molecular weight is 634 g/mol. The number of fused-ring (bicyclic) bond motifs is 1. The average Bonchev–Trinajstić information content (AvgIpc) is 3.88. The molecule has 47 heavy (non-hydrogen) atoms. The fourth-order valence-electron chi connectivity index (χ4n) is 6.73. The first kappa shape index (κ1) is 32.6. The number of benzene rings is 3. The van der Waals surface area contributed by atoms with E-state index < -0.39 is 5.60 Å². The molecule has 2 heterocycles. The zero-order valence-electron chi connectivity index (χ0n) is 28.4. The third-order valence-electron chi connectivity index (χ3n) is 9.24. The van der Waals surface area contributed by atoms with Gasteiger partial charge in [-0.05, 0) is 93.3 Å². The van der Waals surface area contributed by atoms with Crippen LogP contribution >= 0.6 is 0 Å². The molecular formula is C40H47N3O4. The van der Waals surface area contributed by atoms with Gasteiger partial charge in [-0.1, -0.05) is 66.7 Å². The van der Waals surface area contributed by atoms with Gasteiger partial charge in [0.1, 0.15) is 5.60 Å². The predicted octanol–water partition coefficient (Wildman–Crippen LogP) is 8.24. The Morgan fingerprint density at radius 2 is 1.62 bits per heavy atom. The van der Waals surface area contributed by atoms with E-state index in [2.05, 4.69) is 77.1 Å². The number of rotatable bonds is 10. The molecule has 6 rings (SSSR count). The lowest BCUT2D eigenvalue weighted by molar-refractivity contribution is -0.128. The number of amides is 2. The molecule has 0 atom stereocenters. The van der Waals surface area contributed by atoms with E-state index in [-0.39, 0.29) is 24.6 Å². The zero-order chi connectivity index (χ0) is 33.1. The molecule has 1 saturated carbocycles. The van der Waals surface area contributed by atoms with E-state index in [0.717, 1.165) is 48.1 Å². The number of hydrogen-bond donors (Lipinski definition) is 0. The van der Waals surface area contributed by atoms with Gasteiger partial charge in [-0.15, -0.1) is 0 Å². The van der Waals surface area contributed by atoms with E-state index in [1.807, 2.05) is 39.0 Å². The van der Waals surface area contributed by atoms with Crippen molar-refractivity contribution in [3.05, 3.63) is 101 Å². The Morgan fingerprint density at radius 1 is 0.915 bits per heavy atom. The number of aromatic nitrogens is 1. The molecule has 7 nitrogen and oxygen atoms in total. The number of ether oxygens (including phenoxy) is 2. The molecule has 1 fully saturated rings. The molecule has 0 N–H and O–H groups in total. The normalized spacial score (nSPS) is 15.3. The Labute approximate surface area is 278 Å². The van der Waals surface area contributed by atoms with Crippen LogP contribution in [0, 0.1) is 6.92 Å². The maximum atomic E-state index is 14.9. The largest absolute Gasteiger partial charge is 0.444 e. The first-order valence-electron chi connectivity index (χ1n) is 16.9. The molecule has 0 bridgehead atoms. The van der Waals surface area contributed by atoms with Crippen molar-refractivity contribution in [2.24, 2.45) is 0 Å². The Morgan fingerprint density at radius 3 is 2.34 bits per heavy atom. The van der Waals surface area contributed by atoms with Gasteiger partial charge in [0, 0.05) is 61.6 Å². The molecule has 0 unspecified atom stereocenters. The fraction of sp³-hybridized carbons (Fsp3) is 0.400. The van der Waals surface area contributed by atoms with Gasteiger partial charge in [0.05, 0.1) is 6.54 Å². The highest BCUT2D eigenvalue weighted by molar-refractivity contribution is 6.03. The summed E-state index contributed by atoms with van der Waals surface area (Å²) in [5.74, 6) is 0.0106. The highest BCUT2D eigenvalue weighted by atomic mass is 16.6. The summed E-state index contributed by atoms with van der Waals surface area (Å²) in [6.45, 7) is 10.6. The zero-order valence-corrected chi connectivity index (χ0v) is 28.4. The molecule has 0 spiro atoms. The molecule has 1 aliphatic carbocycles. The minimum Gasteiger partial charge on any atom is -0.444 e. The Kier molecular flexibility index (Phi) is 9.55. The number of carbonyl (C=O) groups excluding carboxylic acids is 2. The topological polar surface area (TPSA) is 64.0 Å². The third-order valence-corrected chi connectivity index (χ3v) is 9.24. The van der Waals surface area contributed by atoms with Crippen LogP contribution in [0.5, 0.6) is 0 Å². The van der Waals surface area contributed by atoms with Crippen molar-refractivity contribution in [1.82, 2.24) is 14.4 Å². The Bertz CT molecular complexity index is 1780. The molecule has 1 aromatic heterocycles. The smallest absolute Gasteiger partial charge is 0.410 e. The lowest BCUT2D eigenvalue weighted by Gasteiger charge is -2.34. The van der Waals surface area contributed by atoms with E-state index in [1.54, 1.807) is 12.0 Å². The van der Waals surface area contributed by atoms with Crippen molar-refractivity contribution >= 4 is 28.5 Å². The molecule has 2 amide bonds. The van der Waals surface area contributed by atoms with Crippen molar-refractivity contribution < 1.29 is 19.1 Å². The summed E-state index contributed by atoms with van der Waals surface area (Å²) in [6, 6.07) is 27.4. The maximum absolute atomic E-state index is 14.9. The molecule has 0 saturated heterocycles. The van der Waals surface area contributed by atoms with Gasteiger partial charge in [0.15, 0.2) is 0 Å². The van der Waals surface area contributed by atoms with Gasteiger partial charge >= 0.3 is 6.09 Å². The van der Waals surface area contributed by atoms with Crippen molar-refractivity contribution in [3.8, 4) is 11.1 Å². The second-order valence-corrected chi connectivity index (χ2v) is 13.8. The number of hydrogen-bond acceptors (Lipinski definition) is 4. The van der Waals surface area contributed by atoms with E-state index in [4.69, 9.17) is 9.47 Å². The van der Waals surface area contributed by atoms with Gasteiger partial charge in [-0.25, -0.2) is 4.79 Å². The van der Waals surface area contributed by atoms with Crippen LogP contribution in [0.1, 0.15) is 63.3 Å². The molecular weight excluding hydrogens is 586 g/mol. The minimum absolute atomic E-state index is 0.0106. The minimum atomic E-state index is -0.621. The second kappa shape index (κ2) is 13.8. The van der Waals surface area contributed by atoms with E-state index in [9.17, 15) is 9.59 Å². The molecule has 4 aromatic rings. The summed E-state index contributed by atoms with van der Waals surface area (Å²) in [5.41, 5.74) is 7.89. The first-order chi connectivity index (χ1) is 22.6. The first-order valence-corrected chi connectivity index (χ1v) is 16.9. The van der Waals surface area contributed by atoms with Gasteiger partial charge < -0.3 is 23.8 Å². The SMILES string of the molecule is COCCCn1c(C)c(CN(C(=O)C2=C(c3cccc(-c4ccccc4)c3)CCN(C(=O)OC(C)(C)C)C2)C2CC2)c2ccccc21. The monoisotopic (exact) mass is 633 g/mol. The van der Waals surface area contributed by atoms with Crippen LogP contribution in [-0.4, -0.2) is 64.8 Å². The van der Waals surface area contributed by atoms with Gasteiger partial charge in [0.2, 0.25) is 0 Å². The van der Waals surface area contributed by atoms with Crippen molar-refractivity contribution in [2.45, 2.75) is 78.1 Å². The van der Waals surface area contributed by atoms with E-state index in [0.29, 0.717) is 31.7 Å². The van der Waals surface area contributed by atoms with Crippen LogP contribution in [0.2, 0.25) is 0 Å². The fourth-order valence-corrected chi connectivity index (χ4v) is 6.73. The lowest BCUT2D eigenvalue weighted by Crippen LogP contribution is -2.44. The van der Waals surface area contributed by atoms with E-state index in [1.165, 1.54) is 22.2 Å². The summed E-state index contributed by atoms with van der Waals surface area (Å²) in [4.78, 5) is 32.0. The Balaban J connectivity index is 1.39. The maximum Gasteiger partial charge on any atom is 0.410 e. The number of carbonyl (C=O) groups is 2. The van der Waals surface area contributed by atoms with Crippen LogP contribution in [0.4, 0.5) is 4.79 Å². The molecule has 7 heteroatoms. The highest BCUT2D eigenvalue weighted by Gasteiger charge is 2.38. The second-order valence-electron chi connectivity index (χ2n) is 13.8. The molecule has 1 aliphatic heterocycles. The van der Waals surface area contributed by atoms with Crippen LogP contribution in [-0.2, 0) is 27.4 Å². The van der Waals surface area contributed by atoms with Crippen LogP contribution in [0.3, 0.4) is 0 Å². The van der Waals surface area contributed by atoms with Crippen molar-refractivity contribution in [2.75, 3.05) is 26.8 Å². The Hall–Kier alpha value is -4.36. The third kappa shape index (κ3) is 7.31. The van der Waals surface area contributed by atoms with Gasteiger partial charge in [0.25, 0.3) is 5.91 Å². The summed E-state index contributed by atoms with van der Waals surface area (Å²) in [6.07, 6.45) is 3.08. The summed E-state index contributed by atoms with van der Waals surface area (Å²) < 4.78 is 13.5. The number of aryl methyl sites for hydroxylation is 1. The van der Waals surface area contributed by atoms with Gasteiger partial charge in [-0.3, -0.25) is 4.79 Å². The predicted molar refractivity (Wildman–Crippen MR) is 188 cm³/mol. The molecule has 0 radical (unpaired) electrons. The summed E-state index contributed by atoms with van der Waals surface area (Å²) >= 11 is 0. The molecule has 2 aliphatic rings. The van der Waals surface area contributed by atoms with Crippen LogP contribution in [0.15, 0.2) is 84.4 Å². The number of methoxy groups -OCH3 is 1. The van der Waals surface area contributed by atoms with E-state index >= 15 is 0 Å². The van der Waals surface area contributed by atoms with Gasteiger partial charge in [-0.2, -0.15) is 0 Å². The molecule has 3 aromatic carbocycles. The summed E-state index contributed by atoms with van der Waals surface area (Å²) in [7, 11) is 1.74. The van der Waals surface area contributed by atoms with Crippen molar-refractivity contribution in [1.29, 1.82) is 0 Å². The number of para-hydroxylation sites is 1. The lowest BCUT2D eigenvalue weighted by atomic mass is 9.90. The van der Waals surface area contributed by atoms with Crippen LogP contribution in [0.25, 0.3) is 27.6 Å². The number of nitrogens with zero attached hydrogens (tertiary/aromatic N) is 3.